The van der Waals surface area contributed by atoms with Crippen LogP contribution < -0.4 is 21.3 Å². The van der Waals surface area contributed by atoms with Crippen LogP contribution in [0.25, 0.3) is 0 Å². The molecule has 24 heavy (non-hydrogen) atoms. The van der Waals surface area contributed by atoms with Gasteiger partial charge in [0.25, 0.3) is 5.91 Å². The van der Waals surface area contributed by atoms with Crippen molar-refractivity contribution >= 4 is 23.8 Å². The van der Waals surface area contributed by atoms with Crippen molar-refractivity contribution in [3.05, 3.63) is 35.9 Å². The summed E-state index contributed by atoms with van der Waals surface area (Å²) in [7, 11) is 0. The lowest BCUT2D eigenvalue weighted by atomic mass is 9.85. The normalized spacial score (nSPS) is 19.4. The zero-order valence-electron chi connectivity index (χ0n) is 13.3. The number of benzene rings is 1. The number of rotatable bonds is 7. The molecule has 1 aromatic carbocycles. The first-order valence-corrected chi connectivity index (χ1v) is 7.64. The quantitative estimate of drug-likeness (QED) is 0.407. The van der Waals surface area contributed by atoms with Gasteiger partial charge in [0.1, 0.15) is 5.54 Å². The number of carbonyl (C=O) groups is 4. The van der Waals surface area contributed by atoms with Gasteiger partial charge in [-0.25, -0.2) is 4.79 Å². The fourth-order valence-corrected chi connectivity index (χ4v) is 2.57. The molecule has 5 amide bonds. The Morgan fingerprint density at radius 1 is 1.08 bits per heavy atom. The molecule has 1 fully saturated rings. The Hall–Kier alpha value is -2.90. The molecule has 1 atom stereocenters. The van der Waals surface area contributed by atoms with Gasteiger partial charge in [0.15, 0.2) is 0 Å². The van der Waals surface area contributed by atoms with Crippen molar-refractivity contribution in [2.75, 3.05) is 13.1 Å². The molecule has 1 saturated heterocycles. The van der Waals surface area contributed by atoms with Crippen molar-refractivity contribution in [2.24, 2.45) is 0 Å². The molecule has 1 aliphatic rings. The highest BCUT2D eigenvalue weighted by atomic mass is 16.2. The van der Waals surface area contributed by atoms with Crippen LogP contribution in [0.1, 0.15) is 25.3 Å². The van der Waals surface area contributed by atoms with E-state index >= 15 is 0 Å². The molecule has 1 aromatic rings. The smallest absolute Gasteiger partial charge is 0.322 e. The first-order valence-electron chi connectivity index (χ1n) is 7.64. The molecule has 0 saturated carbocycles. The van der Waals surface area contributed by atoms with E-state index in [4.69, 9.17) is 0 Å². The fourth-order valence-electron chi connectivity index (χ4n) is 2.57. The van der Waals surface area contributed by atoms with E-state index in [1.54, 1.807) is 30.3 Å². The topological polar surface area (TPSA) is 116 Å². The highest BCUT2D eigenvalue weighted by Gasteiger charge is 2.47. The summed E-state index contributed by atoms with van der Waals surface area (Å²) >= 11 is 0. The predicted octanol–water partition coefficient (Wildman–Crippen LogP) is -0.246. The predicted molar refractivity (Wildman–Crippen MR) is 85.7 cm³/mol. The summed E-state index contributed by atoms with van der Waals surface area (Å²) in [6.45, 7) is 2.03. The van der Waals surface area contributed by atoms with Crippen molar-refractivity contribution in [1.82, 2.24) is 21.3 Å². The summed E-state index contributed by atoms with van der Waals surface area (Å²) in [6.07, 6.45) is 0.198. The summed E-state index contributed by atoms with van der Waals surface area (Å²) in [4.78, 5) is 46.5. The number of hydrogen-bond acceptors (Lipinski definition) is 4. The van der Waals surface area contributed by atoms with Crippen LogP contribution in [0.15, 0.2) is 30.3 Å². The van der Waals surface area contributed by atoms with Crippen LogP contribution in [-0.2, 0) is 19.9 Å². The van der Waals surface area contributed by atoms with Gasteiger partial charge >= 0.3 is 6.03 Å². The maximum atomic E-state index is 12.3. The van der Waals surface area contributed by atoms with E-state index in [0.717, 1.165) is 0 Å². The molecule has 8 heteroatoms. The average molecular weight is 332 g/mol. The highest BCUT2D eigenvalue weighted by Crippen LogP contribution is 2.29. The van der Waals surface area contributed by atoms with Crippen LogP contribution in [-0.4, -0.2) is 36.8 Å². The number of hydrogen-bond donors (Lipinski definition) is 4. The average Bonchev–Trinajstić information content (AvgIpc) is 2.85. The van der Waals surface area contributed by atoms with Crippen LogP contribution in [0, 0.1) is 0 Å². The Labute approximate surface area is 139 Å². The SMILES string of the molecule is CC(=O)NCCNC(=O)CCC1(c2ccccc2)NC(=O)NC1=O. The monoisotopic (exact) mass is 332 g/mol. The fraction of sp³-hybridized carbons (Fsp3) is 0.375. The van der Waals surface area contributed by atoms with E-state index in [2.05, 4.69) is 21.3 Å². The zero-order chi connectivity index (χ0) is 17.6. The molecule has 0 radical (unpaired) electrons. The van der Waals surface area contributed by atoms with Crippen LogP contribution in [0.2, 0.25) is 0 Å². The lowest BCUT2D eigenvalue weighted by Crippen LogP contribution is -2.45. The van der Waals surface area contributed by atoms with E-state index in [-0.39, 0.29) is 24.7 Å². The van der Waals surface area contributed by atoms with E-state index in [1.165, 1.54) is 6.92 Å². The summed E-state index contributed by atoms with van der Waals surface area (Å²) in [5.41, 5.74) is -0.618. The minimum atomic E-state index is -1.24. The Morgan fingerprint density at radius 2 is 1.75 bits per heavy atom. The van der Waals surface area contributed by atoms with Crippen molar-refractivity contribution in [1.29, 1.82) is 0 Å². The van der Waals surface area contributed by atoms with Crippen molar-refractivity contribution in [3.8, 4) is 0 Å². The Balaban J connectivity index is 1.98. The lowest BCUT2D eigenvalue weighted by molar-refractivity contribution is -0.126. The van der Waals surface area contributed by atoms with E-state index in [0.29, 0.717) is 18.7 Å². The van der Waals surface area contributed by atoms with Crippen LogP contribution in [0.5, 0.6) is 0 Å². The minimum absolute atomic E-state index is 0.0582. The minimum Gasteiger partial charge on any atom is -0.355 e. The van der Waals surface area contributed by atoms with Gasteiger partial charge in [-0.2, -0.15) is 0 Å². The van der Waals surface area contributed by atoms with Crippen LogP contribution >= 0.6 is 0 Å². The van der Waals surface area contributed by atoms with Gasteiger partial charge in [0.2, 0.25) is 11.8 Å². The summed E-state index contributed by atoms with van der Waals surface area (Å²) in [5.74, 6) is -0.896. The third-order valence-corrected chi connectivity index (χ3v) is 3.76. The highest BCUT2D eigenvalue weighted by molar-refractivity contribution is 6.07. The Kier molecular flexibility index (Phi) is 5.51. The largest absolute Gasteiger partial charge is 0.355 e. The second kappa shape index (κ2) is 7.58. The number of nitrogens with one attached hydrogen (secondary N) is 4. The first-order chi connectivity index (χ1) is 11.4. The Bertz CT molecular complexity index is 647. The lowest BCUT2D eigenvalue weighted by Gasteiger charge is -2.26. The third kappa shape index (κ3) is 4.09. The number of urea groups is 1. The molecule has 1 unspecified atom stereocenters. The summed E-state index contributed by atoms with van der Waals surface area (Å²) in [6, 6.07) is 8.24. The van der Waals surface area contributed by atoms with Gasteiger partial charge in [-0.1, -0.05) is 30.3 Å². The van der Waals surface area contributed by atoms with Crippen LogP contribution in [0.4, 0.5) is 4.79 Å². The molecule has 2 rings (SSSR count). The van der Waals surface area contributed by atoms with E-state index < -0.39 is 17.5 Å². The Morgan fingerprint density at radius 3 is 2.33 bits per heavy atom. The second-order valence-corrected chi connectivity index (χ2v) is 5.51. The molecular formula is C16H20N4O4. The molecule has 128 valence electrons. The van der Waals surface area contributed by atoms with Crippen molar-refractivity contribution in [3.63, 3.8) is 0 Å². The molecular weight excluding hydrogens is 312 g/mol. The maximum Gasteiger partial charge on any atom is 0.322 e. The molecule has 0 aliphatic carbocycles. The standard InChI is InChI=1S/C16H20N4O4/c1-11(21)17-9-10-18-13(22)7-8-16(12-5-3-2-4-6-12)14(23)19-15(24)20-16/h2-6H,7-10H2,1H3,(H,17,21)(H,18,22)(H2,19,20,23,24). The molecule has 8 nitrogen and oxygen atoms in total. The number of amides is 5. The van der Waals surface area contributed by atoms with Crippen molar-refractivity contribution < 1.29 is 19.2 Å². The molecule has 0 bridgehead atoms. The number of carbonyl (C=O) groups excluding carboxylic acids is 4. The van der Waals surface area contributed by atoms with Gasteiger partial charge in [0, 0.05) is 26.4 Å². The van der Waals surface area contributed by atoms with Gasteiger partial charge < -0.3 is 16.0 Å². The molecule has 1 aliphatic heterocycles. The molecule has 0 aromatic heterocycles. The molecule has 0 spiro atoms. The van der Waals surface area contributed by atoms with Gasteiger partial charge in [-0.15, -0.1) is 0 Å². The maximum absolute atomic E-state index is 12.3. The third-order valence-electron chi connectivity index (χ3n) is 3.76. The van der Waals surface area contributed by atoms with Crippen molar-refractivity contribution in [2.45, 2.75) is 25.3 Å². The van der Waals surface area contributed by atoms with Crippen LogP contribution in [0.3, 0.4) is 0 Å². The second-order valence-electron chi connectivity index (χ2n) is 5.51. The van der Waals surface area contributed by atoms with Gasteiger partial charge in [-0.3, -0.25) is 19.7 Å². The summed E-state index contributed by atoms with van der Waals surface area (Å²) < 4.78 is 0. The molecule has 1 heterocycles. The summed E-state index contributed by atoms with van der Waals surface area (Å²) in [5, 5.41) is 10.1. The zero-order valence-corrected chi connectivity index (χ0v) is 13.3. The number of imide groups is 1. The first kappa shape index (κ1) is 17.5. The van der Waals surface area contributed by atoms with E-state index in [1.807, 2.05) is 0 Å². The van der Waals surface area contributed by atoms with Gasteiger partial charge in [-0.05, 0) is 12.0 Å². The van der Waals surface area contributed by atoms with Gasteiger partial charge in [0.05, 0.1) is 0 Å². The molecule has 4 N–H and O–H groups in total. The van der Waals surface area contributed by atoms with E-state index in [9.17, 15) is 19.2 Å².